The molecule has 0 aliphatic carbocycles. The molecule has 6 heteroatoms. The van der Waals surface area contributed by atoms with E-state index in [2.05, 4.69) is 41.0 Å². The quantitative estimate of drug-likeness (QED) is 0.790. The molecule has 0 bridgehead atoms. The highest BCUT2D eigenvalue weighted by Crippen LogP contribution is 2.24. The minimum atomic E-state index is 0. The molecular weight excluding hydrogens is 368 g/mol. The van der Waals surface area contributed by atoms with E-state index >= 15 is 0 Å². The van der Waals surface area contributed by atoms with E-state index in [9.17, 15) is 4.79 Å². The molecule has 1 saturated heterocycles. The lowest BCUT2D eigenvalue weighted by Crippen LogP contribution is -2.41. The van der Waals surface area contributed by atoms with E-state index in [0.717, 1.165) is 40.5 Å². The fourth-order valence-electron chi connectivity index (χ4n) is 2.87. The van der Waals surface area contributed by atoms with Gasteiger partial charge in [0.1, 0.15) is 5.75 Å². The Hall–Kier alpha value is -1.69. The van der Waals surface area contributed by atoms with E-state index in [1.165, 1.54) is 0 Å². The highest BCUT2D eigenvalue weighted by molar-refractivity contribution is 7.99. The smallest absolute Gasteiger partial charge is 0.221 e. The maximum absolute atomic E-state index is 12.1. The third-order valence-electron chi connectivity index (χ3n) is 4.28. The number of hydrogen-bond acceptors (Lipinski definition) is 4. The number of benzene rings is 2. The molecule has 2 N–H and O–H groups in total. The molecule has 26 heavy (non-hydrogen) atoms. The van der Waals surface area contributed by atoms with E-state index in [-0.39, 0.29) is 18.3 Å². The van der Waals surface area contributed by atoms with E-state index in [1.807, 2.05) is 30.0 Å². The van der Waals surface area contributed by atoms with Crippen LogP contribution in [0.5, 0.6) is 5.75 Å². The van der Waals surface area contributed by atoms with Gasteiger partial charge in [-0.05, 0) is 28.8 Å². The Kier molecular flexibility index (Phi) is 8.29. The van der Waals surface area contributed by atoms with Gasteiger partial charge in [-0.3, -0.25) is 4.79 Å². The van der Waals surface area contributed by atoms with Crippen molar-refractivity contribution < 1.29 is 9.53 Å². The minimum Gasteiger partial charge on any atom is -0.497 e. The van der Waals surface area contributed by atoms with Crippen molar-refractivity contribution in [3.8, 4) is 16.9 Å². The second kappa shape index (κ2) is 10.5. The van der Waals surface area contributed by atoms with Crippen LogP contribution >= 0.6 is 24.2 Å². The first-order valence-electron chi connectivity index (χ1n) is 8.56. The summed E-state index contributed by atoms with van der Waals surface area (Å²) in [6, 6.07) is 16.6. The van der Waals surface area contributed by atoms with Crippen molar-refractivity contribution >= 4 is 30.1 Å². The van der Waals surface area contributed by atoms with Crippen molar-refractivity contribution in [3.63, 3.8) is 0 Å². The van der Waals surface area contributed by atoms with Gasteiger partial charge in [0, 0.05) is 37.1 Å². The van der Waals surface area contributed by atoms with Crippen LogP contribution < -0.4 is 15.4 Å². The Morgan fingerprint density at radius 3 is 2.73 bits per heavy atom. The number of nitrogens with one attached hydrogen (secondary N) is 2. The molecule has 1 amide bonds. The summed E-state index contributed by atoms with van der Waals surface area (Å²) in [5.41, 5.74) is 3.36. The highest BCUT2D eigenvalue weighted by atomic mass is 35.5. The molecule has 4 nitrogen and oxygen atoms in total. The van der Waals surface area contributed by atoms with Gasteiger partial charge >= 0.3 is 0 Å². The molecule has 0 radical (unpaired) electrons. The van der Waals surface area contributed by atoms with E-state index < -0.39 is 0 Å². The van der Waals surface area contributed by atoms with E-state index in [0.29, 0.717) is 19.0 Å². The number of carbonyl (C=O) groups is 1. The lowest BCUT2D eigenvalue weighted by molar-refractivity contribution is -0.121. The zero-order chi connectivity index (χ0) is 17.5. The fraction of sp³-hybridized carbons (Fsp3) is 0.350. The van der Waals surface area contributed by atoms with Crippen LogP contribution in [0, 0.1) is 0 Å². The van der Waals surface area contributed by atoms with Crippen molar-refractivity contribution in [1.29, 1.82) is 0 Å². The molecule has 0 aromatic heterocycles. The molecule has 2 aromatic carbocycles. The molecule has 1 heterocycles. The first kappa shape index (κ1) is 20.6. The first-order chi connectivity index (χ1) is 12.2. The normalized spacial score (nSPS) is 16.4. The number of thioether (sulfide) groups is 1. The van der Waals surface area contributed by atoms with Crippen molar-refractivity contribution in [3.05, 3.63) is 54.1 Å². The summed E-state index contributed by atoms with van der Waals surface area (Å²) in [6.45, 7) is 1.56. The Balaban J connectivity index is 0.00000243. The number of halogens is 1. The Labute approximate surface area is 165 Å². The van der Waals surface area contributed by atoms with Gasteiger partial charge in [-0.2, -0.15) is 11.8 Å². The van der Waals surface area contributed by atoms with Crippen LogP contribution in [0.3, 0.4) is 0 Å². The Bertz CT molecular complexity index is 703. The van der Waals surface area contributed by atoms with Gasteiger partial charge < -0.3 is 15.4 Å². The summed E-state index contributed by atoms with van der Waals surface area (Å²) in [5.74, 6) is 3.11. The summed E-state index contributed by atoms with van der Waals surface area (Å²) >= 11 is 1.91. The molecule has 1 fully saturated rings. The lowest BCUT2D eigenvalue weighted by Gasteiger charge is -2.22. The van der Waals surface area contributed by atoms with Gasteiger partial charge in [0.25, 0.3) is 0 Å². The zero-order valence-electron chi connectivity index (χ0n) is 14.9. The molecule has 3 rings (SSSR count). The summed E-state index contributed by atoms with van der Waals surface area (Å²) < 4.78 is 5.27. The number of amides is 1. The van der Waals surface area contributed by atoms with Crippen LogP contribution in [0.15, 0.2) is 48.5 Å². The molecule has 0 spiro atoms. The molecular formula is C20H25ClN2O2S. The fourth-order valence-corrected chi connectivity index (χ4v) is 3.81. The first-order valence-corrected chi connectivity index (χ1v) is 9.71. The van der Waals surface area contributed by atoms with Crippen LogP contribution in [0.2, 0.25) is 0 Å². The van der Waals surface area contributed by atoms with Gasteiger partial charge in [0.05, 0.1) is 7.11 Å². The maximum Gasteiger partial charge on any atom is 0.221 e. The van der Waals surface area contributed by atoms with Crippen LogP contribution in [-0.2, 0) is 11.3 Å². The SMILES string of the molecule is COc1cccc(-c2ccc(CNC(=O)CC3CSCCN3)cc2)c1.Cl. The van der Waals surface area contributed by atoms with Crippen LogP contribution in [0.4, 0.5) is 0 Å². The van der Waals surface area contributed by atoms with Crippen molar-refractivity contribution in [1.82, 2.24) is 10.6 Å². The Morgan fingerprint density at radius 2 is 2.04 bits per heavy atom. The topological polar surface area (TPSA) is 50.4 Å². The van der Waals surface area contributed by atoms with Gasteiger partial charge in [-0.15, -0.1) is 12.4 Å². The standard InChI is InChI=1S/C20H24N2O2S.ClH/c1-24-19-4-2-3-17(11-19)16-7-5-15(6-8-16)13-22-20(23)12-18-14-25-10-9-21-18;/h2-8,11,18,21H,9-10,12-14H2,1H3,(H,22,23);1H. The van der Waals surface area contributed by atoms with Crippen LogP contribution in [0.25, 0.3) is 11.1 Å². The molecule has 1 unspecified atom stereocenters. The monoisotopic (exact) mass is 392 g/mol. The molecule has 2 aromatic rings. The van der Waals surface area contributed by atoms with Crippen LogP contribution in [0.1, 0.15) is 12.0 Å². The summed E-state index contributed by atoms with van der Waals surface area (Å²) in [7, 11) is 1.67. The molecule has 1 aliphatic heterocycles. The number of methoxy groups -OCH3 is 1. The second-order valence-electron chi connectivity index (χ2n) is 6.14. The summed E-state index contributed by atoms with van der Waals surface area (Å²) in [6.07, 6.45) is 0.550. The largest absolute Gasteiger partial charge is 0.497 e. The third kappa shape index (κ3) is 5.94. The number of ether oxygens (including phenoxy) is 1. The lowest BCUT2D eigenvalue weighted by atomic mass is 10.0. The molecule has 1 aliphatic rings. The summed E-state index contributed by atoms with van der Waals surface area (Å²) in [5, 5.41) is 6.41. The van der Waals surface area contributed by atoms with Gasteiger partial charge in [-0.25, -0.2) is 0 Å². The van der Waals surface area contributed by atoms with Gasteiger partial charge in [0.2, 0.25) is 5.91 Å². The zero-order valence-corrected chi connectivity index (χ0v) is 16.5. The van der Waals surface area contributed by atoms with E-state index in [4.69, 9.17) is 4.74 Å². The summed E-state index contributed by atoms with van der Waals surface area (Å²) in [4.78, 5) is 12.1. The van der Waals surface area contributed by atoms with Crippen molar-refractivity contribution in [2.45, 2.75) is 19.0 Å². The minimum absolute atomic E-state index is 0. The van der Waals surface area contributed by atoms with Crippen molar-refractivity contribution in [2.75, 3.05) is 25.2 Å². The average Bonchev–Trinajstić information content (AvgIpc) is 2.67. The maximum atomic E-state index is 12.1. The average molecular weight is 393 g/mol. The number of hydrogen-bond donors (Lipinski definition) is 2. The number of rotatable bonds is 6. The predicted octanol–water partition coefficient (Wildman–Crippen LogP) is 3.50. The van der Waals surface area contributed by atoms with Gasteiger partial charge in [-0.1, -0.05) is 36.4 Å². The molecule has 1 atom stereocenters. The molecule has 140 valence electrons. The van der Waals surface area contributed by atoms with E-state index in [1.54, 1.807) is 7.11 Å². The number of carbonyl (C=O) groups excluding carboxylic acids is 1. The van der Waals surface area contributed by atoms with Crippen molar-refractivity contribution in [2.24, 2.45) is 0 Å². The Morgan fingerprint density at radius 1 is 1.23 bits per heavy atom. The van der Waals surface area contributed by atoms with Gasteiger partial charge in [0.15, 0.2) is 0 Å². The second-order valence-corrected chi connectivity index (χ2v) is 7.29. The third-order valence-corrected chi connectivity index (χ3v) is 5.41. The van der Waals surface area contributed by atoms with Crippen LogP contribution in [-0.4, -0.2) is 37.1 Å². The molecule has 0 saturated carbocycles. The predicted molar refractivity (Wildman–Crippen MR) is 111 cm³/mol. The highest BCUT2D eigenvalue weighted by Gasteiger charge is 2.16.